The van der Waals surface area contributed by atoms with Gasteiger partial charge < -0.3 is 40.2 Å². The quantitative estimate of drug-likeness (QED) is 0.262. The van der Waals surface area contributed by atoms with E-state index < -0.39 is 24.4 Å². The maximum Gasteiger partial charge on any atom is 0.408 e. The van der Waals surface area contributed by atoms with Crippen molar-refractivity contribution in [3.05, 3.63) is 0 Å². The molecule has 4 amide bonds. The fourth-order valence-corrected chi connectivity index (χ4v) is 1.01. The third-order valence-electron chi connectivity index (χ3n) is 2.06. The van der Waals surface area contributed by atoms with Crippen LogP contribution >= 0.6 is 0 Å². The van der Waals surface area contributed by atoms with Gasteiger partial charge in [0.15, 0.2) is 0 Å². The molecule has 0 aromatic heterocycles. The lowest BCUT2D eigenvalue weighted by atomic mass is 10.5. The lowest BCUT2D eigenvalue weighted by molar-refractivity contribution is 0.117. The van der Waals surface area contributed by atoms with Crippen LogP contribution in [0.2, 0.25) is 0 Å². The first-order valence-corrected chi connectivity index (χ1v) is 6.44. The van der Waals surface area contributed by atoms with Crippen LogP contribution < -0.4 is 21.3 Å². The number of carbonyl (C=O) groups is 4. The van der Waals surface area contributed by atoms with Crippen molar-refractivity contribution in [1.29, 1.82) is 0 Å². The van der Waals surface area contributed by atoms with Gasteiger partial charge in [-0.3, -0.25) is 0 Å². The molecule has 0 aromatic rings. The molecule has 12 nitrogen and oxygen atoms in total. The Morgan fingerprint density at radius 2 is 1.00 bits per heavy atom. The molecule has 0 aromatic carbocycles. The molecule has 0 radical (unpaired) electrons. The number of alkyl carbamates (subject to hydrolysis) is 4. The number of ether oxygens (including phenoxy) is 4. The van der Waals surface area contributed by atoms with Crippen LogP contribution in [0.4, 0.5) is 19.2 Å². The van der Waals surface area contributed by atoms with Gasteiger partial charge >= 0.3 is 24.4 Å². The van der Waals surface area contributed by atoms with E-state index in [-0.39, 0.29) is 33.0 Å². The number of amides is 4. The largest absolute Gasteiger partial charge is 0.453 e. The topological polar surface area (TPSA) is 153 Å². The monoisotopic (exact) mass is 336 g/mol. The second-order valence-corrected chi connectivity index (χ2v) is 3.67. The van der Waals surface area contributed by atoms with E-state index >= 15 is 0 Å². The van der Waals surface area contributed by atoms with E-state index in [4.69, 9.17) is 9.47 Å². The molecule has 0 saturated carbocycles. The number of hydrogen-bond acceptors (Lipinski definition) is 8. The minimum atomic E-state index is -0.742. The second-order valence-electron chi connectivity index (χ2n) is 3.67. The molecule has 0 rings (SSSR count). The summed E-state index contributed by atoms with van der Waals surface area (Å²) in [4.78, 5) is 43.6. The first-order valence-electron chi connectivity index (χ1n) is 6.44. The van der Waals surface area contributed by atoms with E-state index in [0.717, 1.165) is 0 Å². The zero-order valence-corrected chi connectivity index (χ0v) is 12.8. The Hall–Kier alpha value is -2.92. The first-order chi connectivity index (χ1) is 11.0. The van der Waals surface area contributed by atoms with Crippen LogP contribution in [0.5, 0.6) is 0 Å². The fourth-order valence-electron chi connectivity index (χ4n) is 1.01. The van der Waals surface area contributed by atoms with E-state index in [2.05, 4.69) is 30.7 Å². The minimum absolute atomic E-state index is 0.0117. The van der Waals surface area contributed by atoms with Crippen molar-refractivity contribution in [1.82, 2.24) is 21.3 Å². The Balaban J connectivity index is 3.46. The summed E-state index contributed by atoms with van der Waals surface area (Å²) >= 11 is 0. The van der Waals surface area contributed by atoms with E-state index in [1.54, 1.807) is 0 Å². The molecular weight excluding hydrogens is 316 g/mol. The second kappa shape index (κ2) is 12.8. The zero-order valence-electron chi connectivity index (χ0n) is 12.8. The summed E-state index contributed by atoms with van der Waals surface area (Å²) in [5.41, 5.74) is 0. The Morgan fingerprint density at radius 1 is 0.652 bits per heavy atom. The summed E-state index contributed by atoms with van der Waals surface area (Å²) in [6.07, 6.45) is -2.59. The van der Waals surface area contributed by atoms with Gasteiger partial charge in [0.1, 0.15) is 0 Å². The molecule has 0 spiro atoms. The highest BCUT2D eigenvalue weighted by atomic mass is 16.6. The number of nitrogens with one attached hydrogen (secondary N) is 4. The van der Waals surface area contributed by atoms with Gasteiger partial charge in [0, 0.05) is 6.42 Å². The molecule has 23 heavy (non-hydrogen) atoms. The van der Waals surface area contributed by atoms with Crippen molar-refractivity contribution < 1.29 is 38.1 Å². The van der Waals surface area contributed by atoms with Crippen molar-refractivity contribution >= 4 is 24.4 Å². The van der Waals surface area contributed by atoms with Crippen LogP contribution in [0.1, 0.15) is 6.42 Å². The third-order valence-corrected chi connectivity index (χ3v) is 2.06. The standard InChI is InChI=1S/C11H20N4O8/c1-20-8(16)12-6-14-10(18)22-4-3-5-23-11(19)15-7-13-9(17)21-2/h3-7H2,1-2H3,(H,12,16)(H,13,17)(H,14,18)(H,15,19). The number of methoxy groups -OCH3 is 2. The molecule has 0 bridgehead atoms. The Bertz CT molecular complexity index is 367. The van der Waals surface area contributed by atoms with Gasteiger partial charge in [0.05, 0.1) is 40.8 Å². The molecule has 12 heteroatoms. The predicted octanol–water partition coefficient (Wildman–Crippen LogP) is -0.544. The molecule has 132 valence electrons. The van der Waals surface area contributed by atoms with Gasteiger partial charge in [0.2, 0.25) is 0 Å². The third kappa shape index (κ3) is 12.5. The molecule has 0 aliphatic carbocycles. The number of carbonyl (C=O) groups excluding carboxylic acids is 4. The average Bonchev–Trinajstić information content (AvgIpc) is 2.54. The maximum absolute atomic E-state index is 11.1. The van der Waals surface area contributed by atoms with Gasteiger partial charge in [-0.1, -0.05) is 0 Å². The SMILES string of the molecule is COC(=O)NCNC(=O)OCCCOC(=O)NCNC(=O)OC. The van der Waals surface area contributed by atoms with Gasteiger partial charge in [-0.2, -0.15) is 0 Å². The molecular formula is C11H20N4O8. The fraction of sp³-hybridized carbons (Fsp3) is 0.636. The molecule has 0 atom stereocenters. The van der Waals surface area contributed by atoms with Gasteiger partial charge in [-0.15, -0.1) is 0 Å². The van der Waals surface area contributed by atoms with E-state index in [1.165, 1.54) is 14.2 Å². The smallest absolute Gasteiger partial charge is 0.408 e. The van der Waals surface area contributed by atoms with E-state index in [9.17, 15) is 19.2 Å². The summed E-state index contributed by atoms with van der Waals surface area (Å²) in [5.74, 6) is 0. The summed E-state index contributed by atoms with van der Waals surface area (Å²) in [5, 5.41) is 8.94. The number of hydrogen-bond donors (Lipinski definition) is 4. The van der Waals surface area contributed by atoms with E-state index in [1.807, 2.05) is 0 Å². The van der Waals surface area contributed by atoms with Gasteiger partial charge in [0.25, 0.3) is 0 Å². The summed E-state index contributed by atoms with van der Waals surface area (Å²) in [6.45, 7) is -0.259. The van der Waals surface area contributed by atoms with Gasteiger partial charge in [-0.25, -0.2) is 19.2 Å². The summed E-state index contributed by atoms with van der Waals surface area (Å²) in [7, 11) is 2.38. The maximum atomic E-state index is 11.1. The lowest BCUT2D eigenvalue weighted by Gasteiger charge is -2.09. The minimum Gasteiger partial charge on any atom is -0.453 e. The van der Waals surface area contributed by atoms with Crippen LogP contribution in [0.25, 0.3) is 0 Å². The molecule has 0 unspecified atom stereocenters. The highest BCUT2D eigenvalue weighted by Crippen LogP contribution is 1.87. The van der Waals surface area contributed by atoms with Gasteiger partial charge in [-0.05, 0) is 0 Å². The lowest BCUT2D eigenvalue weighted by Crippen LogP contribution is -2.38. The van der Waals surface area contributed by atoms with Crippen molar-refractivity contribution in [3.8, 4) is 0 Å². The Labute approximate surface area is 132 Å². The van der Waals surface area contributed by atoms with Crippen molar-refractivity contribution in [3.63, 3.8) is 0 Å². The molecule has 0 aliphatic heterocycles. The Kier molecular flexibility index (Phi) is 11.2. The van der Waals surface area contributed by atoms with Crippen LogP contribution in [0, 0.1) is 0 Å². The predicted molar refractivity (Wildman–Crippen MR) is 74.4 cm³/mol. The van der Waals surface area contributed by atoms with Crippen molar-refractivity contribution in [2.45, 2.75) is 6.42 Å². The summed E-state index contributed by atoms with van der Waals surface area (Å²) in [6, 6.07) is 0. The van der Waals surface area contributed by atoms with Crippen LogP contribution in [0.15, 0.2) is 0 Å². The zero-order chi connectivity index (χ0) is 17.5. The summed E-state index contributed by atoms with van der Waals surface area (Å²) < 4.78 is 18.1. The van der Waals surface area contributed by atoms with Crippen LogP contribution in [0.3, 0.4) is 0 Å². The average molecular weight is 336 g/mol. The highest BCUT2D eigenvalue weighted by Gasteiger charge is 2.05. The number of rotatable bonds is 8. The molecule has 4 N–H and O–H groups in total. The van der Waals surface area contributed by atoms with Crippen molar-refractivity contribution in [2.24, 2.45) is 0 Å². The molecule has 0 saturated heterocycles. The van der Waals surface area contributed by atoms with Crippen molar-refractivity contribution in [2.75, 3.05) is 40.8 Å². The molecule has 0 aliphatic rings. The first kappa shape index (κ1) is 20.1. The van der Waals surface area contributed by atoms with Crippen LogP contribution in [-0.4, -0.2) is 65.1 Å². The van der Waals surface area contributed by atoms with E-state index in [0.29, 0.717) is 0 Å². The molecule has 0 heterocycles. The molecule has 0 fully saturated rings. The normalized spacial score (nSPS) is 9.13. The highest BCUT2D eigenvalue weighted by molar-refractivity contribution is 5.70. The van der Waals surface area contributed by atoms with Crippen LogP contribution in [-0.2, 0) is 18.9 Å². The Morgan fingerprint density at radius 3 is 1.35 bits per heavy atom.